The van der Waals surface area contributed by atoms with Crippen molar-refractivity contribution in [1.29, 1.82) is 0 Å². The number of hydrogen-bond donors (Lipinski definition) is 0. The van der Waals surface area contributed by atoms with Crippen molar-refractivity contribution in [3.8, 4) is 22.7 Å². The maximum Gasteiger partial charge on any atom is 0.247 e. The molecule has 7 nitrogen and oxygen atoms in total. The zero-order valence-corrected chi connectivity index (χ0v) is 19.7. The summed E-state index contributed by atoms with van der Waals surface area (Å²) in [5.74, 6) is 0.651. The minimum absolute atomic E-state index is 0.397. The quantitative estimate of drug-likeness (QED) is 0.409. The van der Waals surface area contributed by atoms with Gasteiger partial charge in [0.05, 0.1) is 36.5 Å². The van der Waals surface area contributed by atoms with Gasteiger partial charge in [0.15, 0.2) is 0 Å². The van der Waals surface area contributed by atoms with Crippen molar-refractivity contribution in [1.82, 2.24) is 14.2 Å². The number of sulfonamides is 1. The molecule has 1 aromatic heterocycles. The maximum absolute atomic E-state index is 12.8. The predicted molar refractivity (Wildman–Crippen MR) is 133 cm³/mol. The fraction of sp³-hybridized carbons (Fsp3) is 0.154. The van der Waals surface area contributed by atoms with Crippen LogP contribution in [0.4, 0.5) is 0 Å². The normalized spacial score (nSPS) is 15.9. The number of hydrogen-bond acceptors (Lipinski definition) is 5. The second kappa shape index (κ2) is 8.79. The zero-order chi connectivity index (χ0) is 23.7. The molecule has 0 bridgehead atoms. The molecular formula is C26H24N4O3S. The van der Waals surface area contributed by atoms with E-state index in [1.54, 1.807) is 11.8 Å². The number of hydrazone groups is 1. The van der Waals surface area contributed by atoms with Crippen molar-refractivity contribution < 1.29 is 13.2 Å². The van der Waals surface area contributed by atoms with Crippen LogP contribution in [0.25, 0.3) is 16.9 Å². The number of para-hydroxylation sites is 2. The van der Waals surface area contributed by atoms with Gasteiger partial charge in [-0.05, 0) is 24.3 Å². The van der Waals surface area contributed by atoms with E-state index < -0.39 is 16.1 Å². The molecule has 1 atom stereocenters. The smallest absolute Gasteiger partial charge is 0.247 e. The van der Waals surface area contributed by atoms with Crippen LogP contribution >= 0.6 is 0 Å². The Hall–Kier alpha value is -3.91. The van der Waals surface area contributed by atoms with Gasteiger partial charge in [-0.25, -0.2) is 13.1 Å². The van der Waals surface area contributed by atoms with Crippen LogP contribution in [0.1, 0.15) is 23.6 Å². The monoisotopic (exact) mass is 472 g/mol. The standard InChI is InChI=1S/C26H24N4O3S/c1-33-25-16-10-9-15-21(25)23-17-24(30(27-23)34(2,31)32)22-18-29(20-13-7-4-8-14-20)28-26(22)19-11-5-3-6-12-19/h3-16,18,24H,17H2,1-2H3/t24-/m0/s1. The molecule has 1 aliphatic rings. The Morgan fingerprint density at radius 2 is 1.56 bits per heavy atom. The Morgan fingerprint density at radius 3 is 2.24 bits per heavy atom. The molecule has 0 fully saturated rings. The summed E-state index contributed by atoms with van der Waals surface area (Å²) in [6, 6.07) is 26.5. The Morgan fingerprint density at radius 1 is 0.912 bits per heavy atom. The summed E-state index contributed by atoms with van der Waals surface area (Å²) in [4.78, 5) is 0. The Kier molecular flexibility index (Phi) is 5.67. The first-order valence-electron chi connectivity index (χ1n) is 10.9. The fourth-order valence-electron chi connectivity index (χ4n) is 4.24. The maximum atomic E-state index is 12.8. The number of rotatable bonds is 6. The minimum atomic E-state index is -3.65. The third-order valence-corrected chi connectivity index (χ3v) is 6.82. The van der Waals surface area contributed by atoms with E-state index in [1.807, 2.05) is 91.1 Å². The molecule has 3 aromatic carbocycles. The summed E-state index contributed by atoms with van der Waals surface area (Å²) < 4.78 is 34.2. The molecule has 0 saturated heterocycles. The van der Waals surface area contributed by atoms with E-state index in [-0.39, 0.29) is 0 Å². The van der Waals surface area contributed by atoms with Gasteiger partial charge in [0.25, 0.3) is 0 Å². The second-order valence-corrected chi connectivity index (χ2v) is 9.92. The summed E-state index contributed by atoms with van der Waals surface area (Å²) in [5.41, 5.74) is 4.73. The largest absolute Gasteiger partial charge is 0.496 e. The first-order valence-corrected chi connectivity index (χ1v) is 12.7. The highest BCUT2D eigenvalue weighted by Gasteiger charge is 2.38. The van der Waals surface area contributed by atoms with E-state index in [0.29, 0.717) is 17.9 Å². The number of benzene rings is 3. The summed E-state index contributed by atoms with van der Waals surface area (Å²) in [5, 5.41) is 9.42. The van der Waals surface area contributed by atoms with Gasteiger partial charge < -0.3 is 4.74 Å². The summed E-state index contributed by atoms with van der Waals surface area (Å²) >= 11 is 0. The van der Waals surface area contributed by atoms with E-state index in [0.717, 1.165) is 28.1 Å². The Labute approximate surface area is 199 Å². The van der Waals surface area contributed by atoms with E-state index in [4.69, 9.17) is 9.84 Å². The highest BCUT2D eigenvalue weighted by molar-refractivity contribution is 7.88. The van der Waals surface area contributed by atoms with E-state index >= 15 is 0 Å². The molecule has 8 heteroatoms. The molecule has 2 heterocycles. The lowest BCUT2D eigenvalue weighted by atomic mass is 9.97. The average molecular weight is 473 g/mol. The van der Waals surface area contributed by atoms with Gasteiger partial charge in [-0.2, -0.15) is 14.6 Å². The molecular weight excluding hydrogens is 448 g/mol. The van der Waals surface area contributed by atoms with E-state index in [1.165, 1.54) is 10.7 Å². The molecule has 0 radical (unpaired) electrons. The summed E-state index contributed by atoms with van der Waals surface area (Å²) in [7, 11) is -2.05. The van der Waals surface area contributed by atoms with E-state index in [9.17, 15) is 8.42 Å². The number of nitrogens with zero attached hydrogens (tertiary/aromatic N) is 4. The number of ether oxygens (including phenoxy) is 1. The third-order valence-electron chi connectivity index (χ3n) is 5.80. The van der Waals surface area contributed by atoms with Crippen molar-refractivity contribution >= 4 is 15.7 Å². The first kappa shape index (κ1) is 21.9. The first-order chi connectivity index (χ1) is 16.5. The Bertz CT molecular complexity index is 1450. The molecule has 1 aliphatic heterocycles. The molecule has 0 aliphatic carbocycles. The van der Waals surface area contributed by atoms with Crippen LogP contribution in [0.2, 0.25) is 0 Å². The van der Waals surface area contributed by atoms with Crippen LogP contribution in [-0.2, 0) is 10.0 Å². The molecule has 5 rings (SSSR count). The van der Waals surface area contributed by atoms with Crippen molar-refractivity contribution in [3.63, 3.8) is 0 Å². The van der Waals surface area contributed by atoms with E-state index in [2.05, 4.69) is 5.10 Å². The molecule has 0 saturated carbocycles. The van der Waals surface area contributed by atoms with Crippen molar-refractivity contribution in [2.24, 2.45) is 5.10 Å². The SMILES string of the molecule is COc1ccccc1C1=NN(S(C)(=O)=O)[C@H](c2cn(-c3ccccc3)nc2-c2ccccc2)C1. The highest BCUT2D eigenvalue weighted by Crippen LogP contribution is 2.40. The molecule has 0 N–H and O–H groups in total. The molecule has 0 amide bonds. The topological polar surface area (TPSA) is 76.8 Å². The van der Waals surface area contributed by atoms with Gasteiger partial charge >= 0.3 is 0 Å². The Balaban J connectivity index is 1.65. The minimum Gasteiger partial charge on any atom is -0.496 e. The third kappa shape index (κ3) is 4.08. The van der Waals surface area contributed by atoms with Crippen LogP contribution in [0.15, 0.2) is 96.2 Å². The number of aromatic nitrogens is 2. The lowest BCUT2D eigenvalue weighted by molar-refractivity contribution is 0.375. The lowest BCUT2D eigenvalue weighted by Crippen LogP contribution is -2.26. The van der Waals surface area contributed by atoms with Crippen molar-refractivity contribution in [3.05, 3.63) is 102 Å². The molecule has 172 valence electrons. The van der Waals surface area contributed by atoms with Crippen LogP contribution in [0, 0.1) is 0 Å². The van der Waals surface area contributed by atoms with Gasteiger partial charge in [-0.15, -0.1) is 0 Å². The van der Waals surface area contributed by atoms with Gasteiger partial charge in [0, 0.05) is 29.3 Å². The second-order valence-electron chi connectivity index (χ2n) is 8.08. The van der Waals surface area contributed by atoms with Gasteiger partial charge in [0.1, 0.15) is 5.75 Å². The zero-order valence-electron chi connectivity index (χ0n) is 18.9. The van der Waals surface area contributed by atoms with Crippen LogP contribution in [0.5, 0.6) is 5.75 Å². The molecule has 34 heavy (non-hydrogen) atoms. The molecule has 4 aromatic rings. The van der Waals surface area contributed by atoms with Gasteiger partial charge in [0.2, 0.25) is 10.0 Å². The highest BCUT2D eigenvalue weighted by atomic mass is 32.2. The summed E-state index contributed by atoms with van der Waals surface area (Å²) in [6.45, 7) is 0. The van der Waals surface area contributed by atoms with Crippen molar-refractivity contribution in [2.45, 2.75) is 12.5 Å². The van der Waals surface area contributed by atoms with Gasteiger partial charge in [-0.3, -0.25) is 0 Å². The van der Waals surface area contributed by atoms with Crippen LogP contribution < -0.4 is 4.74 Å². The van der Waals surface area contributed by atoms with Crippen molar-refractivity contribution in [2.75, 3.05) is 13.4 Å². The summed E-state index contributed by atoms with van der Waals surface area (Å²) in [6.07, 6.45) is 3.48. The average Bonchev–Trinajstić information content (AvgIpc) is 3.50. The molecule has 0 unspecified atom stereocenters. The lowest BCUT2D eigenvalue weighted by Gasteiger charge is -2.21. The molecule has 0 spiro atoms. The predicted octanol–water partition coefficient (Wildman–Crippen LogP) is 4.66. The van der Waals surface area contributed by atoms with Crippen LogP contribution in [0.3, 0.4) is 0 Å². The fourth-order valence-corrected chi connectivity index (χ4v) is 5.13. The number of methoxy groups -OCH3 is 1. The van der Waals surface area contributed by atoms with Crippen LogP contribution in [-0.4, -0.2) is 41.7 Å². The van der Waals surface area contributed by atoms with Gasteiger partial charge in [-0.1, -0.05) is 60.7 Å².